The van der Waals surface area contributed by atoms with Crippen molar-refractivity contribution in [3.8, 4) is 17.6 Å². The van der Waals surface area contributed by atoms with Crippen molar-refractivity contribution in [1.29, 1.82) is 0 Å². The third-order valence-electron chi connectivity index (χ3n) is 3.00. The Morgan fingerprint density at radius 2 is 2.29 bits per heavy atom. The highest BCUT2D eigenvalue weighted by molar-refractivity contribution is 7.99. The van der Waals surface area contributed by atoms with Crippen molar-refractivity contribution < 1.29 is 14.6 Å². The lowest BCUT2D eigenvalue weighted by Gasteiger charge is -2.10. The van der Waals surface area contributed by atoms with Gasteiger partial charge in [0.25, 0.3) is 5.91 Å². The van der Waals surface area contributed by atoms with Crippen molar-refractivity contribution in [2.24, 2.45) is 0 Å². The SMILES string of the molecule is COc1ccc(C(=O)NCCC(C)SC)cc1C#CCO. The Bertz CT molecular complexity index is 534. The zero-order valence-corrected chi connectivity index (χ0v) is 13.4. The number of benzene rings is 1. The normalized spacial score (nSPS) is 11.2. The lowest BCUT2D eigenvalue weighted by Crippen LogP contribution is -2.26. The summed E-state index contributed by atoms with van der Waals surface area (Å²) >= 11 is 1.78. The topological polar surface area (TPSA) is 58.6 Å². The summed E-state index contributed by atoms with van der Waals surface area (Å²) in [5.74, 6) is 5.81. The lowest BCUT2D eigenvalue weighted by atomic mass is 10.1. The van der Waals surface area contributed by atoms with Crippen LogP contribution in [0.25, 0.3) is 0 Å². The van der Waals surface area contributed by atoms with E-state index in [-0.39, 0.29) is 12.5 Å². The van der Waals surface area contributed by atoms with Gasteiger partial charge in [-0.2, -0.15) is 11.8 Å². The van der Waals surface area contributed by atoms with Crippen LogP contribution in [0, 0.1) is 11.8 Å². The molecule has 1 aromatic rings. The number of methoxy groups -OCH3 is 1. The molecule has 21 heavy (non-hydrogen) atoms. The van der Waals surface area contributed by atoms with E-state index >= 15 is 0 Å². The van der Waals surface area contributed by atoms with E-state index in [9.17, 15) is 4.79 Å². The van der Waals surface area contributed by atoms with Crippen LogP contribution < -0.4 is 10.1 Å². The molecule has 0 saturated heterocycles. The molecule has 114 valence electrons. The summed E-state index contributed by atoms with van der Waals surface area (Å²) in [5, 5.41) is 12.2. The Morgan fingerprint density at radius 3 is 2.90 bits per heavy atom. The zero-order chi connectivity index (χ0) is 15.7. The molecule has 0 heterocycles. The van der Waals surface area contributed by atoms with Gasteiger partial charge in [-0.1, -0.05) is 18.8 Å². The molecule has 0 aliphatic heterocycles. The minimum atomic E-state index is -0.230. The maximum absolute atomic E-state index is 12.1. The van der Waals surface area contributed by atoms with Crippen LogP contribution in [-0.2, 0) is 0 Å². The summed E-state index contributed by atoms with van der Waals surface area (Å²) in [6.07, 6.45) is 2.99. The smallest absolute Gasteiger partial charge is 0.251 e. The standard InChI is InChI=1S/C16H21NO3S/c1-12(21-3)8-9-17-16(19)14-6-7-15(20-2)13(11-14)5-4-10-18/h6-7,11-12,18H,8-10H2,1-3H3,(H,17,19). The molecule has 0 spiro atoms. The molecule has 2 N–H and O–H groups in total. The highest BCUT2D eigenvalue weighted by atomic mass is 32.2. The maximum atomic E-state index is 12.1. The molecule has 0 fully saturated rings. The Morgan fingerprint density at radius 1 is 1.52 bits per heavy atom. The van der Waals surface area contributed by atoms with Gasteiger partial charge in [-0.25, -0.2) is 0 Å². The number of amides is 1. The van der Waals surface area contributed by atoms with Crippen LogP contribution in [0.3, 0.4) is 0 Å². The molecule has 0 radical (unpaired) electrons. The Balaban J connectivity index is 2.76. The van der Waals surface area contributed by atoms with Crippen molar-refractivity contribution in [3.63, 3.8) is 0 Å². The van der Waals surface area contributed by atoms with Crippen molar-refractivity contribution in [2.75, 3.05) is 26.5 Å². The molecule has 1 atom stereocenters. The highest BCUT2D eigenvalue weighted by Crippen LogP contribution is 2.19. The number of carbonyl (C=O) groups is 1. The second kappa shape index (κ2) is 9.32. The van der Waals surface area contributed by atoms with Crippen molar-refractivity contribution in [1.82, 2.24) is 5.32 Å². The molecule has 1 amide bonds. The summed E-state index contributed by atoms with van der Waals surface area (Å²) in [4.78, 5) is 12.1. The number of aliphatic hydroxyl groups is 1. The Hall–Kier alpha value is -1.64. The molecule has 0 aromatic heterocycles. The van der Waals surface area contributed by atoms with E-state index in [1.54, 1.807) is 37.1 Å². The first-order valence-corrected chi connectivity index (χ1v) is 8.00. The second-order valence-electron chi connectivity index (χ2n) is 4.47. The minimum Gasteiger partial charge on any atom is -0.495 e. The van der Waals surface area contributed by atoms with E-state index in [4.69, 9.17) is 9.84 Å². The molecule has 1 aromatic carbocycles. The zero-order valence-electron chi connectivity index (χ0n) is 12.6. The summed E-state index contributed by atoms with van der Waals surface area (Å²) < 4.78 is 5.19. The van der Waals surface area contributed by atoms with E-state index in [2.05, 4.69) is 30.3 Å². The molecule has 0 saturated carbocycles. The molecule has 1 unspecified atom stereocenters. The van der Waals surface area contributed by atoms with Gasteiger partial charge in [-0.15, -0.1) is 0 Å². The van der Waals surface area contributed by atoms with E-state index in [1.807, 2.05) is 0 Å². The average Bonchev–Trinajstić information content (AvgIpc) is 2.52. The minimum absolute atomic E-state index is 0.127. The number of hydrogen-bond donors (Lipinski definition) is 2. The van der Waals surface area contributed by atoms with Crippen LogP contribution >= 0.6 is 11.8 Å². The fourth-order valence-electron chi connectivity index (χ4n) is 1.69. The van der Waals surface area contributed by atoms with Gasteiger partial charge in [0.15, 0.2) is 0 Å². The fourth-order valence-corrected chi connectivity index (χ4v) is 2.04. The van der Waals surface area contributed by atoms with Gasteiger partial charge in [0, 0.05) is 17.4 Å². The Kier molecular flexibility index (Phi) is 7.73. The maximum Gasteiger partial charge on any atom is 0.251 e. The summed E-state index contributed by atoms with van der Waals surface area (Å²) in [7, 11) is 1.54. The van der Waals surface area contributed by atoms with Gasteiger partial charge in [-0.3, -0.25) is 4.79 Å². The van der Waals surface area contributed by atoms with Crippen LogP contribution in [0.5, 0.6) is 5.75 Å². The van der Waals surface area contributed by atoms with E-state index in [1.165, 1.54) is 0 Å². The van der Waals surface area contributed by atoms with E-state index in [0.29, 0.717) is 28.7 Å². The van der Waals surface area contributed by atoms with Crippen molar-refractivity contribution >= 4 is 17.7 Å². The molecule has 0 bridgehead atoms. The summed E-state index contributed by atoms with van der Waals surface area (Å²) in [5.41, 5.74) is 1.13. The first-order chi connectivity index (χ1) is 10.1. The molecule has 0 aliphatic carbocycles. The van der Waals surface area contributed by atoms with Crippen molar-refractivity contribution in [3.05, 3.63) is 29.3 Å². The van der Waals surface area contributed by atoms with Crippen LogP contribution in [-0.4, -0.2) is 42.8 Å². The van der Waals surface area contributed by atoms with Gasteiger partial charge in [-0.05, 0) is 30.9 Å². The van der Waals surface area contributed by atoms with E-state index < -0.39 is 0 Å². The molecule has 1 rings (SSSR count). The highest BCUT2D eigenvalue weighted by Gasteiger charge is 2.09. The number of carbonyl (C=O) groups excluding carboxylic acids is 1. The quantitative estimate of drug-likeness (QED) is 0.788. The van der Waals surface area contributed by atoms with Crippen molar-refractivity contribution in [2.45, 2.75) is 18.6 Å². The van der Waals surface area contributed by atoms with Crippen LogP contribution in [0.2, 0.25) is 0 Å². The summed E-state index contributed by atoms with van der Waals surface area (Å²) in [6, 6.07) is 5.09. The predicted molar refractivity (Wildman–Crippen MR) is 86.9 cm³/mol. The van der Waals surface area contributed by atoms with Gasteiger partial charge in [0.05, 0.1) is 12.7 Å². The average molecular weight is 307 g/mol. The molecular weight excluding hydrogens is 286 g/mol. The van der Waals surface area contributed by atoms with Crippen LogP contribution in [0.1, 0.15) is 29.3 Å². The number of ether oxygens (including phenoxy) is 1. The first kappa shape index (κ1) is 17.4. The second-order valence-corrected chi connectivity index (χ2v) is 5.74. The fraction of sp³-hybridized carbons (Fsp3) is 0.438. The number of hydrogen-bond acceptors (Lipinski definition) is 4. The number of rotatable bonds is 6. The van der Waals surface area contributed by atoms with Gasteiger partial charge in [0.2, 0.25) is 0 Å². The number of thioether (sulfide) groups is 1. The third kappa shape index (κ3) is 5.70. The van der Waals surface area contributed by atoms with Gasteiger partial charge < -0.3 is 15.2 Å². The number of aliphatic hydroxyl groups excluding tert-OH is 1. The first-order valence-electron chi connectivity index (χ1n) is 6.71. The predicted octanol–water partition coefficient (Wildman–Crippen LogP) is 1.91. The molecule has 0 aliphatic rings. The lowest BCUT2D eigenvalue weighted by molar-refractivity contribution is 0.0953. The molecular formula is C16H21NO3S. The number of nitrogens with one attached hydrogen (secondary N) is 1. The summed E-state index contributed by atoms with van der Waals surface area (Å²) in [6.45, 7) is 2.55. The van der Waals surface area contributed by atoms with Crippen LogP contribution in [0.4, 0.5) is 0 Å². The molecule has 4 nitrogen and oxygen atoms in total. The van der Waals surface area contributed by atoms with Crippen LogP contribution in [0.15, 0.2) is 18.2 Å². The third-order valence-corrected chi connectivity index (χ3v) is 4.04. The largest absolute Gasteiger partial charge is 0.495 e. The monoisotopic (exact) mass is 307 g/mol. The molecule has 5 heteroatoms. The Labute approximate surface area is 130 Å². The van der Waals surface area contributed by atoms with E-state index in [0.717, 1.165) is 6.42 Å². The van der Waals surface area contributed by atoms with Gasteiger partial charge in [0.1, 0.15) is 12.4 Å². The van der Waals surface area contributed by atoms with Gasteiger partial charge >= 0.3 is 0 Å².